The zero-order valence-corrected chi connectivity index (χ0v) is 13.0. The minimum Gasteiger partial charge on any atom is -0.324 e. The average molecular weight is 300 g/mol. The summed E-state index contributed by atoms with van der Waals surface area (Å²) >= 11 is 6.12. The van der Waals surface area contributed by atoms with Gasteiger partial charge in [-0.15, -0.1) is 0 Å². The maximum atomic E-state index is 6.87. The van der Waals surface area contributed by atoms with Gasteiger partial charge in [-0.25, -0.2) is 0 Å². The van der Waals surface area contributed by atoms with Crippen LogP contribution in [0.15, 0.2) is 54.6 Å². The Labute approximate surface area is 132 Å². The van der Waals surface area contributed by atoms with Crippen molar-refractivity contribution in [3.63, 3.8) is 0 Å². The first-order chi connectivity index (χ1) is 10.2. The third kappa shape index (κ3) is 3.30. The molecule has 2 heteroatoms. The molecule has 0 amide bonds. The van der Waals surface area contributed by atoms with Gasteiger partial charge in [0.2, 0.25) is 0 Å². The predicted molar refractivity (Wildman–Crippen MR) is 89.7 cm³/mol. The van der Waals surface area contributed by atoms with E-state index in [9.17, 15) is 0 Å². The molecule has 1 aliphatic carbocycles. The minimum absolute atomic E-state index is 0.162. The summed E-state index contributed by atoms with van der Waals surface area (Å²) in [4.78, 5) is 0. The van der Waals surface area contributed by atoms with E-state index in [1.807, 2.05) is 18.2 Å². The first kappa shape index (κ1) is 14.6. The van der Waals surface area contributed by atoms with E-state index in [-0.39, 0.29) is 5.54 Å². The monoisotopic (exact) mass is 299 g/mol. The first-order valence-corrected chi connectivity index (χ1v) is 8.13. The molecule has 0 saturated heterocycles. The van der Waals surface area contributed by atoms with Crippen LogP contribution in [0.4, 0.5) is 0 Å². The summed E-state index contributed by atoms with van der Waals surface area (Å²) in [6.07, 6.45) is 5.65. The highest BCUT2D eigenvalue weighted by molar-refractivity contribution is 6.30. The summed E-state index contributed by atoms with van der Waals surface area (Å²) in [7, 11) is 0. The van der Waals surface area contributed by atoms with E-state index in [1.54, 1.807) is 0 Å². The van der Waals surface area contributed by atoms with E-state index < -0.39 is 0 Å². The number of rotatable bonds is 3. The molecule has 1 nitrogen and oxygen atoms in total. The molecule has 0 aliphatic heterocycles. The lowest BCUT2D eigenvalue weighted by atomic mass is 9.67. The third-order valence-electron chi connectivity index (χ3n) is 4.70. The van der Waals surface area contributed by atoms with Gasteiger partial charge >= 0.3 is 0 Å². The van der Waals surface area contributed by atoms with Crippen LogP contribution in [0, 0.1) is 0 Å². The summed E-state index contributed by atoms with van der Waals surface area (Å²) in [6, 6.07) is 18.9. The van der Waals surface area contributed by atoms with Crippen LogP contribution >= 0.6 is 11.6 Å². The lowest BCUT2D eigenvalue weighted by Crippen LogP contribution is -2.49. The number of halogens is 1. The van der Waals surface area contributed by atoms with Gasteiger partial charge in [0.15, 0.2) is 0 Å². The highest BCUT2D eigenvalue weighted by Gasteiger charge is 2.38. The third-order valence-corrected chi connectivity index (χ3v) is 4.94. The van der Waals surface area contributed by atoms with Crippen LogP contribution in [0.1, 0.15) is 42.7 Å². The van der Waals surface area contributed by atoms with Crippen molar-refractivity contribution in [3.05, 3.63) is 70.7 Å². The minimum atomic E-state index is -0.162. The van der Waals surface area contributed by atoms with Gasteiger partial charge in [-0.3, -0.25) is 0 Å². The molecular weight excluding hydrogens is 278 g/mol. The highest BCUT2D eigenvalue weighted by Crippen LogP contribution is 2.41. The molecule has 1 aliphatic rings. The van der Waals surface area contributed by atoms with Crippen LogP contribution in [-0.4, -0.2) is 5.54 Å². The molecule has 2 unspecified atom stereocenters. The second kappa shape index (κ2) is 6.21. The molecule has 3 rings (SSSR count). The van der Waals surface area contributed by atoms with Gasteiger partial charge in [-0.1, -0.05) is 66.9 Å². The second-order valence-electron chi connectivity index (χ2n) is 6.25. The largest absolute Gasteiger partial charge is 0.324 e. The molecule has 2 atom stereocenters. The molecule has 2 aromatic rings. The Bertz CT molecular complexity index is 596. The Morgan fingerprint density at radius 3 is 2.62 bits per heavy atom. The van der Waals surface area contributed by atoms with Gasteiger partial charge in [0.1, 0.15) is 0 Å². The Balaban J connectivity index is 1.88. The number of hydrogen-bond donors (Lipinski definition) is 1. The maximum Gasteiger partial charge on any atom is 0.0408 e. The van der Waals surface area contributed by atoms with E-state index in [4.69, 9.17) is 17.3 Å². The van der Waals surface area contributed by atoms with E-state index in [0.29, 0.717) is 5.92 Å². The van der Waals surface area contributed by atoms with E-state index in [2.05, 4.69) is 36.4 Å². The summed E-state index contributed by atoms with van der Waals surface area (Å²) in [5, 5.41) is 0.795. The molecule has 2 N–H and O–H groups in total. The van der Waals surface area contributed by atoms with Crippen molar-refractivity contribution in [1.29, 1.82) is 0 Å². The SMILES string of the molecule is NC1(Cc2cccc(Cl)c2)CCCCC1c1ccccc1. The van der Waals surface area contributed by atoms with Gasteiger partial charge in [0.25, 0.3) is 0 Å². The molecule has 0 radical (unpaired) electrons. The van der Waals surface area contributed by atoms with Gasteiger partial charge in [-0.2, -0.15) is 0 Å². The molecule has 110 valence electrons. The van der Waals surface area contributed by atoms with Crippen molar-refractivity contribution >= 4 is 11.6 Å². The predicted octanol–water partition coefficient (Wildman–Crippen LogP) is 4.94. The molecule has 1 fully saturated rings. The van der Waals surface area contributed by atoms with Crippen LogP contribution in [-0.2, 0) is 6.42 Å². The molecular formula is C19H22ClN. The van der Waals surface area contributed by atoms with Crippen LogP contribution in [0.5, 0.6) is 0 Å². The maximum absolute atomic E-state index is 6.87. The lowest BCUT2D eigenvalue weighted by Gasteiger charge is -2.42. The fourth-order valence-electron chi connectivity index (χ4n) is 3.69. The summed E-state index contributed by atoms with van der Waals surface area (Å²) in [5.74, 6) is 0.437. The van der Waals surface area contributed by atoms with Crippen molar-refractivity contribution in [2.45, 2.75) is 43.6 Å². The first-order valence-electron chi connectivity index (χ1n) is 7.76. The Kier molecular flexibility index (Phi) is 4.32. The molecule has 0 bridgehead atoms. The van der Waals surface area contributed by atoms with Crippen molar-refractivity contribution in [3.8, 4) is 0 Å². The molecule has 21 heavy (non-hydrogen) atoms. The van der Waals surface area contributed by atoms with E-state index in [1.165, 1.54) is 30.4 Å². The van der Waals surface area contributed by atoms with E-state index in [0.717, 1.165) is 17.9 Å². The van der Waals surface area contributed by atoms with Crippen molar-refractivity contribution in [2.75, 3.05) is 0 Å². The van der Waals surface area contributed by atoms with Crippen LogP contribution in [0.25, 0.3) is 0 Å². The smallest absolute Gasteiger partial charge is 0.0408 e. The normalized spacial score (nSPS) is 25.7. The van der Waals surface area contributed by atoms with Gasteiger partial charge < -0.3 is 5.73 Å². The zero-order chi connectivity index (χ0) is 14.7. The molecule has 0 aromatic heterocycles. The lowest BCUT2D eigenvalue weighted by molar-refractivity contribution is 0.249. The summed E-state index contributed by atoms with van der Waals surface area (Å²) < 4.78 is 0. The summed E-state index contributed by atoms with van der Waals surface area (Å²) in [5.41, 5.74) is 9.33. The number of hydrogen-bond acceptors (Lipinski definition) is 1. The van der Waals surface area contributed by atoms with Crippen LogP contribution < -0.4 is 5.73 Å². The number of benzene rings is 2. The van der Waals surface area contributed by atoms with Crippen molar-refractivity contribution < 1.29 is 0 Å². The summed E-state index contributed by atoms with van der Waals surface area (Å²) in [6.45, 7) is 0. The topological polar surface area (TPSA) is 26.0 Å². The fraction of sp³-hybridized carbons (Fsp3) is 0.368. The Morgan fingerprint density at radius 2 is 1.86 bits per heavy atom. The van der Waals surface area contributed by atoms with Crippen molar-refractivity contribution in [2.24, 2.45) is 5.73 Å². The van der Waals surface area contributed by atoms with Gasteiger partial charge in [0, 0.05) is 16.5 Å². The van der Waals surface area contributed by atoms with Crippen LogP contribution in [0.2, 0.25) is 5.02 Å². The van der Waals surface area contributed by atoms with Crippen LogP contribution in [0.3, 0.4) is 0 Å². The number of nitrogens with two attached hydrogens (primary N) is 1. The molecule has 1 saturated carbocycles. The fourth-order valence-corrected chi connectivity index (χ4v) is 3.90. The van der Waals surface area contributed by atoms with Crippen molar-refractivity contribution in [1.82, 2.24) is 0 Å². The average Bonchev–Trinajstić information content (AvgIpc) is 2.48. The highest BCUT2D eigenvalue weighted by atomic mass is 35.5. The van der Waals surface area contributed by atoms with Gasteiger partial charge in [0.05, 0.1) is 0 Å². The molecule has 0 heterocycles. The Hall–Kier alpha value is -1.31. The van der Waals surface area contributed by atoms with Gasteiger partial charge in [-0.05, 0) is 42.5 Å². The zero-order valence-electron chi connectivity index (χ0n) is 12.3. The second-order valence-corrected chi connectivity index (χ2v) is 6.69. The Morgan fingerprint density at radius 1 is 1.05 bits per heavy atom. The standard InChI is InChI=1S/C19H22ClN/c20-17-10-6-7-15(13-17)14-19(21)12-5-4-11-18(19)16-8-2-1-3-9-16/h1-3,6-10,13,18H,4-5,11-12,14,21H2. The quantitative estimate of drug-likeness (QED) is 0.853. The molecule has 0 spiro atoms. The molecule has 2 aromatic carbocycles. The van der Waals surface area contributed by atoms with E-state index >= 15 is 0 Å².